The van der Waals surface area contributed by atoms with Crippen LogP contribution in [-0.4, -0.2) is 42.4 Å². The van der Waals surface area contributed by atoms with E-state index in [-0.39, 0.29) is 24.2 Å². The van der Waals surface area contributed by atoms with Crippen LogP contribution in [0.1, 0.15) is 26.4 Å². The van der Waals surface area contributed by atoms with Gasteiger partial charge in [0.2, 0.25) is 0 Å². The molecule has 1 N–H and O–H groups in total. The summed E-state index contributed by atoms with van der Waals surface area (Å²) >= 11 is 1.32. The van der Waals surface area contributed by atoms with Gasteiger partial charge in [-0.05, 0) is 36.2 Å². The molecule has 6 nitrogen and oxygen atoms in total. The summed E-state index contributed by atoms with van der Waals surface area (Å²) in [6.45, 7) is 1.56. The van der Waals surface area contributed by atoms with E-state index in [2.05, 4.69) is 10.3 Å². The van der Waals surface area contributed by atoms with Crippen molar-refractivity contribution in [2.24, 2.45) is 0 Å². The molecule has 2 amide bonds. The summed E-state index contributed by atoms with van der Waals surface area (Å²) in [4.78, 5) is 31.0. The number of carbonyl (C=O) groups excluding carboxylic acids is 2. The van der Waals surface area contributed by atoms with Gasteiger partial charge in [0, 0.05) is 31.6 Å². The fourth-order valence-electron chi connectivity index (χ4n) is 2.61. The molecule has 0 aliphatic rings. The topological polar surface area (TPSA) is 71.5 Å². The van der Waals surface area contributed by atoms with Crippen LogP contribution in [0.4, 0.5) is 9.52 Å². The molecular formula is C22H22FN3O3S. The van der Waals surface area contributed by atoms with E-state index in [4.69, 9.17) is 4.74 Å². The van der Waals surface area contributed by atoms with Crippen molar-refractivity contribution >= 4 is 28.3 Å². The molecule has 3 rings (SSSR count). The molecule has 1 aromatic heterocycles. The number of para-hydroxylation sites is 1. The van der Waals surface area contributed by atoms with Crippen LogP contribution in [-0.2, 0) is 11.2 Å². The average Bonchev–Trinajstić information content (AvgIpc) is 3.15. The van der Waals surface area contributed by atoms with Gasteiger partial charge >= 0.3 is 0 Å². The maximum atomic E-state index is 13.7. The average molecular weight is 428 g/mol. The third kappa shape index (κ3) is 5.42. The molecule has 3 aromatic rings. The summed E-state index contributed by atoms with van der Waals surface area (Å²) in [5.41, 5.74) is 1.74. The van der Waals surface area contributed by atoms with Gasteiger partial charge in [-0.2, -0.15) is 0 Å². The Morgan fingerprint density at radius 2 is 1.97 bits per heavy atom. The molecule has 0 aliphatic carbocycles. The number of nitrogens with one attached hydrogen (secondary N) is 1. The van der Waals surface area contributed by atoms with Crippen molar-refractivity contribution in [3.63, 3.8) is 0 Å². The van der Waals surface area contributed by atoms with E-state index in [0.29, 0.717) is 28.4 Å². The summed E-state index contributed by atoms with van der Waals surface area (Å²) < 4.78 is 19.3. The Hall–Kier alpha value is -3.26. The lowest BCUT2D eigenvalue weighted by molar-refractivity contribution is -0.130. The number of hydrogen-bond acceptors (Lipinski definition) is 5. The van der Waals surface area contributed by atoms with Crippen molar-refractivity contribution in [2.75, 3.05) is 26.0 Å². The van der Waals surface area contributed by atoms with Gasteiger partial charge in [-0.3, -0.25) is 14.9 Å². The molecule has 0 fully saturated rings. The summed E-state index contributed by atoms with van der Waals surface area (Å²) in [5.74, 6) is -0.514. The molecular weight excluding hydrogens is 405 g/mol. The first-order chi connectivity index (χ1) is 14.3. The van der Waals surface area contributed by atoms with Crippen molar-refractivity contribution in [1.29, 1.82) is 0 Å². The number of hydrogen-bond donors (Lipinski definition) is 1. The van der Waals surface area contributed by atoms with Gasteiger partial charge in [0.25, 0.3) is 11.8 Å². The SMILES string of the molecule is Cc1ccc(Cc2cnc(NC(=O)c3ccccc3OCC(=O)N(C)C)s2)cc1F. The lowest BCUT2D eigenvalue weighted by Gasteiger charge is -2.13. The number of amides is 2. The van der Waals surface area contributed by atoms with Gasteiger partial charge in [-0.1, -0.05) is 24.3 Å². The number of aryl methyl sites for hydroxylation is 1. The molecule has 0 saturated heterocycles. The molecule has 0 unspecified atom stereocenters. The standard InChI is InChI=1S/C22H22FN3O3S/c1-14-8-9-15(11-18(14)23)10-16-12-24-22(30-16)25-21(28)17-6-4-5-7-19(17)29-13-20(27)26(2)3/h4-9,11-12H,10,13H2,1-3H3,(H,24,25,28). The van der Waals surface area contributed by atoms with E-state index in [1.165, 1.54) is 22.3 Å². The Bertz CT molecular complexity index is 1070. The number of thiazole rings is 1. The first-order valence-electron chi connectivity index (χ1n) is 9.26. The minimum Gasteiger partial charge on any atom is -0.483 e. The Kier molecular flexibility index (Phi) is 6.79. The molecule has 0 radical (unpaired) electrons. The van der Waals surface area contributed by atoms with Gasteiger partial charge in [0.15, 0.2) is 11.7 Å². The molecule has 156 valence electrons. The second-order valence-corrected chi connectivity index (χ2v) is 8.03. The van der Waals surface area contributed by atoms with Crippen LogP contribution in [0.2, 0.25) is 0 Å². The predicted molar refractivity (Wildman–Crippen MR) is 115 cm³/mol. The number of rotatable bonds is 7. The third-order valence-electron chi connectivity index (χ3n) is 4.37. The minimum atomic E-state index is -0.384. The monoisotopic (exact) mass is 427 g/mol. The molecule has 0 bridgehead atoms. The molecule has 8 heteroatoms. The summed E-state index contributed by atoms with van der Waals surface area (Å²) in [5, 5.41) is 3.19. The number of carbonyl (C=O) groups is 2. The van der Waals surface area contributed by atoms with E-state index < -0.39 is 0 Å². The van der Waals surface area contributed by atoms with E-state index in [9.17, 15) is 14.0 Å². The third-order valence-corrected chi connectivity index (χ3v) is 5.28. The number of halogens is 1. The predicted octanol–water partition coefficient (Wildman–Crippen LogP) is 3.90. The molecule has 0 atom stereocenters. The zero-order valence-corrected chi connectivity index (χ0v) is 17.8. The van der Waals surface area contributed by atoms with Crippen molar-refractivity contribution < 1.29 is 18.7 Å². The highest BCUT2D eigenvalue weighted by molar-refractivity contribution is 7.15. The molecule has 1 heterocycles. The van der Waals surface area contributed by atoms with Crippen LogP contribution < -0.4 is 10.1 Å². The second-order valence-electron chi connectivity index (χ2n) is 6.92. The van der Waals surface area contributed by atoms with Crippen molar-refractivity contribution in [2.45, 2.75) is 13.3 Å². The summed E-state index contributed by atoms with van der Waals surface area (Å²) in [7, 11) is 3.27. The zero-order chi connectivity index (χ0) is 21.7. The van der Waals surface area contributed by atoms with Crippen LogP contribution in [0.5, 0.6) is 5.75 Å². The molecule has 0 aliphatic heterocycles. The fraction of sp³-hybridized carbons (Fsp3) is 0.227. The van der Waals surface area contributed by atoms with Gasteiger partial charge in [0.05, 0.1) is 5.56 Å². The minimum absolute atomic E-state index is 0.161. The maximum Gasteiger partial charge on any atom is 0.261 e. The summed E-state index contributed by atoms with van der Waals surface area (Å²) in [6.07, 6.45) is 2.19. The maximum absolute atomic E-state index is 13.7. The van der Waals surface area contributed by atoms with Gasteiger partial charge in [0.1, 0.15) is 11.6 Å². The Morgan fingerprint density at radius 1 is 1.20 bits per heavy atom. The number of nitrogens with zero attached hydrogens (tertiary/aromatic N) is 2. The zero-order valence-electron chi connectivity index (χ0n) is 16.9. The number of anilines is 1. The number of aromatic nitrogens is 1. The number of likely N-dealkylation sites (N-methyl/N-ethyl adjacent to an activating group) is 1. The largest absolute Gasteiger partial charge is 0.483 e. The highest BCUT2D eigenvalue weighted by atomic mass is 32.1. The quantitative estimate of drug-likeness (QED) is 0.621. The van der Waals surface area contributed by atoms with Crippen molar-refractivity contribution in [3.05, 3.63) is 76.0 Å². The molecule has 0 spiro atoms. The lowest BCUT2D eigenvalue weighted by Crippen LogP contribution is -2.28. The van der Waals surface area contributed by atoms with Crippen LogP contribution in [0.25, 0.3) is 0 Å². The van der Waals surface area contributed by atoms with Gasteiger partial charge in [-0.25, -0.2) is 9.37 Å². The van der Waals surface area contributed by atoms with Gasteiger partial charge < -0.3 is 9.64 Å². The highest BCUT2D eigenvalue weighted by Crippen LogP contribution is 2.24. The van der Waals surface area contributed by atoms with Crippen LogP contribution >= 0.6 is 11.3 Å². The second kappa shape index (κ2) is 9.49. The van der Waals surface area contributed by atoms with Crippen molar-refractivity contribution in [3.8, 4) is 5.75 Å². The van der Waals surface area contributed by atoms with E-state index >= 15 is 0 Å². The Labute approximate surface area is 178 Å². The fourth-order valence-corrected chi connectivity index (χ4v) is 3.45. The van der Waals surface area contributed by atoms with Crippen LogP contribution in [0.15, 0.2) is 48.7 Å². The van der Waals surface area contributed by atoms with Crippen LogP contribution in [0, 0.1) is 12.7 Å². The highest BCUT2D eigenvalue weighted by Gasteiger charge is 2.16. The molecule has 0 saturated carbocycles. The van der Waals surface area contributed by atoms with E-state index in [1.807, 2.05) is 6.07 Å². The number of benzene rings is 2. The Morgan fingerprint density at radius 3 is 2.70 bits per heavy atom. The smallest absolute Gasteiger partial charge is 0.261 e. The van der Waals surface area contributed by atoms with E-state index in [0.717, 1.165) is 10.4 Å². The summed E-state index contributed by atoms with van der Waals surface area (Å²) in [6, 6.07) is 11.8. The van der Waals surface area contributed by atoms with Crippen molar-refractivity contribution in [1.82, 2.24) is 9.88 Å². The first kappa shape index (κ1) is 21.4. The Balaban J connectivity index is 1.67. The lowest BCUT2D eigenvalue weighted by atomic mass is 10.1. The van der Waals surface area contributed by atoms with E-state index in [1.54, 1.807) is 57.5 Å². The molecule has 2 aromatic carbocycles. The first-order valence-corrected chi connectivity index (χ1v) is 10.1. The molecule has 30 heavy (non-hydrogen) atoms. The van der Waals surface area contributed by atoms with Gasteiger partial charge in [-0.15, -0.1) is 11.3 Å². The van der Waals surface area contributed by atoms with Crippen LogP contribution in [0.3, 0.4) is 0 Å². The number of ether oxygens (including phenoxy) is 1. The normalized spacial score (nSPS) is 10.5.